The number of anilines is 2. The SMILES string of the molecule is C[C@@H]1CCC[C@H]1N(NC(=O)c1ccc(F)cc1)c1nc(C#N)ncc1Br.C[C@H]1CCC[C@@H]1N(NC(=O)c1ccc(F)cc1)c1nc(C#N)ncc1Br.O=C(O)C(F)(F)F.O=C(O)C(F)(F)F. The first-order valence-corrected chi connectivity index (χ1v) is 20.6. The lowest BCUT2D eigenvalue weighted by molar-refractivity contribution is -0.193. The second-order valence-corrected chi connectivity index (χ2v) is 15.9. The van der Waals surface area contributed by atoms with E-state index in [-0.39, 0.29) is 35.5 Å². The number of carbonyl (C=O) groups is 4. The molecule has 2 aliphatic rings. The molecule has 0 unspecified atom stereocenters. The van der Waals surface area contributed by atoms with E-state index in [0.29, 0.717) is 43.5 Å². The number of benzene rings is 2. The lowest BCUT2D eigenvalue weighted by atomic mass is 10.1. The van der Waals surface area contributed by atoms with Gasteiger partial charge in [0.05, 0.1) is 21.0 Å². The Balaban J connectivity index is 0.000000273. The molecule has 2 heterocycles. The van der Waals surface area contributed by atoms with Gasteiger partial charge in [0, 0.05) is 23.5 Å². The van der Waals surface area contributed by atoms with Gasteiger partial charge in [-0.25, -0.2) is 28.3 Å². The summed E-state index contributed by atoms with van der Waals surface area (Å²) in [5, 5.41) is 35.9. The van der Waals surface area contributed by atoms with Crippen LogP contribution in [-0.2, 0) is 9.59 Å². The fourth-order valence-electron chi connectivity index (χ4n) is 6.32. The van der Waals surface area contributed by atoms with E-state index in [9.17, 15) is 44.7 Å². The van der Waals surface area contributed by atoms with Crippen LogP contribution in [0.15, 0.2) is 69.9 Å². The lowest BCUT2D eigenvalue weighted by Gasteiger charge is -2.33. The van der Waals surface area contributed by atoms with Crippen LogP contribution in [0.5, 0.6) is 0 Å². The average molecular weight is 1060 g/mol. The van der Waals surface area contributed by atoms with Gasteiger partial charge < -0.3 is 10.2 Å². The Morgan fingerprint density at radius 1 is 0.636 bits per heavy atom. The minimum absolute atomic E-state index is 0.0230. The topological polar surface area (TPSA) is 238 Å². The molecule has 0 bridgehead atoms. The number of aromatic nitrogens is 4. The van der Waals surface area contributed by atoms with Crippen molar-refractivity contribution in [2.24, 2.45) is 11.8 Å². The normalized spacial score (nSPS) is 17.4. The molecule has 6 rings (SSSR count). The van der Waals surface area contributed by atoms with Crippen LogP contribution in [-0.4, -0.2) is 78.3 Å². The fraction of sp³-hybridized carbons (Fsp3) is 0.350. The predicted octanol–water partition coefficient (Wildman–Crippen LogP) is 8.45. The van der Waals surface area contributed by atoms with Crippen LogP contribution in [0, 0.1) is 46.1 Å². The first-order chi connectivity index (χ1) is 30.9. The molecule has 4 N–H and O–H groups in total. The molecule has 0 spiro atoms. The summed E-state index contributed by atoms with van der Waals surface area (Å²) in [7, 11) is 0. The number of hydrogen-bond acceptors (Lipinski definition) is 12. The van der Waals surface area contributed by atoms with E-state index in [1.165, 1.54) is 60.9 Å². The third-order valence-electron chi connectivity index (χ3n) is 9.55. The number of halogens is 10. The quantitative estimate of drug-likeness (QED) is 0.0957. The van der Waals surface area contributed by atoms with Crippen LogP contribution in [0.1, 0.15) is 84.7 Å². The minimum atomic E-state index is -5.08. The number of nitrogens with zero attached hydrogens (tertiary/aromatic N) is 8. The van der Waals surface area contributed by atoms with Crippen LogP contribution >= 0.6 is 31.9 Å². The van der Waals surface area contributed by atoms with Gasteiger partial charge in [0.1, 0.15) is 23.8 Å². The molecule has 4 aromatic rings. The molecule has 66 heavy (non-hydrogen) atoms. The first kappa shape index (κ1) is 53.8. The highest BCUT2D eigenvalue weighted by atomic mass is 79.9. The van der Waals surface area contributed by atoms with Gasteiger partial charge in [0.2, 0.25) is 11.6 Å². The molecule has 2 aromatic heterocycles. The average Bonchev–Trinajstić information content (AvgIpc) is 3.90. The second kappa shape index (κ2) is 24.1. The summed E-state index contributed by atoms with van der Waals surface area (Å²) < 4.78 is 90.9. The number of nitrogens with one attached hydrogen (secondary N) is 2. The number of aliphatic carboxylic acids is 2. The summed E-state index contributed by atoms with van der Waals surface area (Å²) >= 11 is 6.81. The Bertz CT molecular complexity index is 2250. The maximum atomic E-state index is 13.1. The van der Waals surface area contributed by atoms with E-state index in [2.05, 4.69) is 76.5 Å². The molecule has 2 saturated carbocycles. The van der Waals surface area contributed by atoms with Crippen LogP contribution in [0.3, 0.4) is 0 Å². The zero-order valence-corrected chi connectivity index (χ0v) is 37.4. The smallest absolute Gasteiger partial charge is 0.475 e. The van der Waals surface area contributed by atoms with E-state index in [0.717, 1.165) is 38.5 Å². The predicted molar refractivity (Wildman–Crippen MR) is 223 cm³/mol. The third-order valence-corrected chi connectivity index (χ3v) is 10.7. The molecule has 2 fully saturated rings. The van der Waals surface area contributed by atoms with Crippen molar-refractivity contribution >= 4 is 67.2 Å². The van der Waals surface area contributed by atoms with Crippen LogP contribution in [0.2, 0.25) is 0 Å². The Hall–Kier alpha value is -6.54. The van der Waals surface area contributed by atoms with Crippen molar-refractivity contribution in [3.8, 4) is 12.1 Å². The van der Waals surface area contributed by atoms with Crippen molar-refractivity contribution in [2.75, 3.05) is 10.0 Å². The first-order valence-electron chi connectivity index (χ1n) is 19.0. The van der Waals surface area contributed by atoms with Crippen molar-refractivity contribution < 1.29 is 64.5 Å². The van der Waals surface area contributed by atoms with Crippen LogP contribution < -0.4 is 20.9 Å². The van der Waals surface area contributed by atoms with Crippen molar-refractivity contribution in [2.45, 2.75) is 76.8 Å². The zero-order valence-electron chi connectivity index (χ0n) is 34.2. The maximum absolute atomic E-state index is 13.1. The molecule has 0 aliphatic heterocycles. The highest BCUT2D eigenvalue weighted by Gasteiger charge is 2.39. The molecular formula is C40H36Br2F8N10O6. The standard InChI is InChI=1S/2C18H17BrFN5O.2C2HF3O2/c2*1-11-3-2-4-15(11)25(17-14(19)10-22-16(9-21)23-17)24-18(26)12-5-7-13(20)8-6-12;2*3-2(4,5)1(6)7/h2*5-8,10-11,15H,2-4H2,1H3,(H,24,26);2*(H,6,7)/t2*11-,15-;;/m10../s1. The summed E-state index contributed by atoms with van der Waals surface area (Å²) in [6.45, 7) is 4.24. The summed E-state index contributed by atoms with van der Waals surface area (Å²) in [6.07, 6.45) is -1.21. The Kier molecular flexibility index (Phi) is 19.7. The molecule has 2 aliphatic carbocycles. The summed E-state index contributed by atoms with van der Waals surface area (Å²) in [4.78, 5) is 59.5. The molecule has 4 atom stereocenters. The van der Waals surface area contributed by atoms with Gasteiger partial charge >= 0.3 is 24.3 Å². The van der Waals surface area contributed by atoms with Crippen LogP contribution in [0.25, 0.3) is 0 Å². The summed E-state index contributed by atoms with van der Waals surface area (Å²) in [5.74, 6) is -5.45. The Labute approximate surface area is 386 Å². The lowest BCUT2D eigenvalue weighted by Crippen LogP contribution is -2.50. The van der Waals surface area contributed by atoms with Crippen molar-refractivity contribution in [1.29, 1.82) is 10.5 Å². The number of carbonyl (C=O) groups excluding carboxylic acids is 2. The van der Waals surface area contributed by atoms with E-state index in [4.69, 9.17) is 30.3 Å². The fourth-order valence-corrected chi connectivity index (χ4v) is 7.08. The van der Waals surface area contributed by atoms with Gasteiger partial charge in [-0.05, 0) is 118 Å². The second-order valence-electron chi connectivity index (χ2n) is 14.1. The molecular weight excluding hydrogens is 1030 g/mol. The molecule has 0 saturated heterocycles. The Morgan fingerprint density at radius 2 is 0.939 bits per heavy atom. The number of hydrogen-bond donors (Lipinski definition) is 4. The number of carboxylic acids is 2. The molecule has 16 nitrogen and oxygen atoms in total. The van der Waals surface area contributed by atoms with Gasteiger partial charge in [0.15, 0.2) is 11.6 Å². The number of alkyl halides is 6. The minimum Gasteiger partial charge on any atom is -0.475 e. The molecule has 2 amide bonds. The zero-order chi connectivity index (χ0) is 49.5. The monoisotopic (exact) mass is 1060 g/mol. The third kappa shape index (κ3) is 15.9. The van der Waals surface area contributed by atoms with E-state index in [1.807, 2.05) is 12.1 Å². The number of carboxylic acid groups (broad SMARTS) is 2. The molecule has 352 valence electrons. The number of amides is 2. The van der Waals surface area contributed by atoms with E-state index < -0.39 is 35.9 Å². The maximum Gasteiger partial charge on any atom is 0.490 e. The van der Waals surface area contributed by atoms with Crippen LogP contribution in [0.4, 0.5) is 46.8 Å². The van der Waals surface area contributed by atoms with Crippen molar-refractivity contribution in [3.05, 3.63) is 104 Å². The van der Waals surface area contributed by atoms with Gasteiger partial charge in [-0.15, -0.1) is 0 Å². The molecule has 26 heteroatoms. The largest absolute Gasteiger partial charge is 0.490 e. The van der Waals surface area contributed by atoms with Crippen molar-refractivity contribution in [3.63, 3.8) is 0 Å². The molecule has 2 aromatic carbocycles. The number of rotatable bonds is 8. The van der Waals surface area contributed by atoms with Gasteiger partial charge in [0.25, 0.3) is 11.8 Å². The van der Waals surface area contributed by atoms with Crippen molar-refractivity contribution in [1.82, 2.24) is 30.8 Å². The summed E-state index contributed by atoms with van der Waals surface area (Å²) in [6, 6.07) is 14.6. The van der Waals surface area contributed by atoms with E-state index in [1.54, 1.807) is 10.0 Å². The van der Waals surface area contributed by atoms with Gasteiger partial charge in [-0.3, -0.25) is 30.5 Å². The van der Waals surface area contributed by atoms with Gasteiger partial charge in [-0.2, -0.15) is 46.8 Å². The summed E-state index contributed by atoms with van der Waals surface area (Å²) in [5.41, 5.74) is 6.43. The number of hydrazine groups is 2. The highest BCUT2D eigenvalue weighted by molar-refractivity contribution is 9.11. The molecule has 0 radical (unpaired) electrons. The highest BCUT2D eigenvalue weighted by Crippen LogP contribution is 2.35. The number of nitriles is 2. The Morgan fingerprint density at radius 3 is 1.18 bits per heavy atom. The van der Waals surface area contributed by atoms with E-state index >= 15 is 0 Å². The van der Waals surface area contributed by atoms with Gasteiger partial charge in [-0.1, -0.05) is 26.7 Å².